The van der Waals surface area contributed by atoms with Crippen molar-refractivity contribution in [3.05, 3.63) is 47.5 Å². The molecule has 7 heteroatoms. The molecule has 0 aliphatic rings. The van der Waals surface area contributed by atoms with Gasteiger partial charge in [0.1, 0.15) is 5.82 Å². The number of aryl methyl sites for hydroxylation is 1. The number of benzene rings is 1. The highest BCUT2D eigenvalue weighted by molar-refractivity contribution is 7.98. The summed E-state index contributed by atoms with van der Waals surface area (Å²) >= 11 is 1.40. The van der Waals surface area contributed by atoms with E-state index >= 15 is 0 Å². The summed E-state index contributed by atoms with van der Waals surface area (Å²) in [7, 11) is -1.81. The number of hydrogen-bond acceptors (Lipinski definition) is 5. The van der Waals surface area contributed by atoms with Gasteiger partial charge in [0.15, 0.2) is 5.16 Å². The van der Waals surface area contributed by atoms with Crippen molar-refractivity contribution in [2.45, 2.75) is 17.8 Å². The Morgan fingerprint density at radius 3 is 2.58 bits per heavy atom. The quantitative estimate of drug-likeness (QED) is 0.494. The van der Waals surface area contributed by atoms with Gasteiger partial charge < -0.3 is 10.0 Å². The lowest BCUT2D eigenvalue weighted by atomic mass is 9.79. The van der Waals surface area contributed by atoms with Gasteiger partial charge >= 0.3 is 7.12 Å². The molecule has 0 spiro atoms. The zero-order valence-electron chi connectivity index (χ0n) is 10.2. The van der Waals surface area contributed by atoms with Crippen LogP contribution in [0.3, 0.4) is 0 Å². The molecule has 2 N–H and O–H groups in total. The van der Waals surface area contributed by atoms with E-state index in [4.69, 9.17) is 10.0 Å². The first-order chi connectivity index (χ1) is 9.06. The Hall–Kier alpha value is -1.44. The molecule has 2 rings (SSSR count). The molecule has 0 saturated carbocycles. The van der Waals surface area contributed by atoms with Crippen LogP contribution < -0.4 is 5.46 Å². The summed E-state index contributed by atoms with van der Waals surface area (Å²) in [5, 5.41) is 18.7. The summed E-state index contributed by atoms with van der Waals surface area (Å²) < 4.78 is 13.3. The molecule has 1 heterocycles. The molecule has 1 aromatic carbocycles. The number of halogens is 1. The molecule has 0 radical (unpaired) electrons. The van der Waals surface area contributed by atoms with Crippen LogP contribution in [0.4, 0.5) is 4.39 Å². The van der Waals surface area contributed by atoms with Gasteiger partial charge in [-0.05, 0) is 24.1 Å². The first-order valence-electron chi connectivity index (χ1n) is 5.62. The maximum absolute atomic E-state index is 13.3. The monoisotopic (exact) mass is 278 g/mol. The van der Waals surface area contributed by atoms with Gasteiger partial charge in [-0.2, -0.15) is 0 Å². The summed E-state index contributed by atoms with van der Waals surface area (Å²) in [6.45, 7) is 1.91. The maximum Gasteiger partial charge on any atom is 0.491 e. The summed E-state index contributed by atoms with van der Waals surface area (Å²) in [5.41, 5.74) is 1.64. The Kier molecular flexibility index (Phi) is 4.52. The summed E-state index contributed by atoms with van der Waals surface area (Å²) in [5.74, 6) is -0.0985. The molecule has 0 aliphatic carbocycles. The lowest BCUT2D eigenvalue weighted by Crippen LogP contribution is -2.33. The van der Waals surface area contributed by atoms with E-state index in [1.54, 1.807) is 18.5 Å². The highest BCUT2D eigenvalue weighted by Crippen LogP contribution is 2.18. The van der Waals surface area contributed by atoms with Crippen molar-refractivity contribution in [3.8, 4) is 0 Å². The second kappa shape index (κ2) is 6.14. The third kappa shape index (κ3) is 3.76. The zero-order valence-corrected chi connectivity index (χ0v) is 11.1. The molecule has 0 saturated heterocycles. The average Bonchev–Trinajstić information content (AvgIpc) is 2.39. The third-order valence-electron chi connectivity index (χ3n) is 2.46. The zero-order chi connectivity index (χ0) is 13.8. The van der Waals surface area contributed by atoms with Gasteiger partial charge in [-0.25, -0.2) is 14.4 Å². The van der Waals surface area contributed by atoms with Crippen molar-refractivity contribution >= 4 is 24.3 Å². The Bertz CT molecular complexity index is 566. The topological polar surface area (TPSA) is 66.2 Å². The van der Waals surface area contributed by atoms with Crippen molar-refractivity contribution in [3.63, 3.8) is 0 Å². The van der Waals surface area contributed by atoms with Crippen LogP contribution in [0.2, 0.25) is 0 Å². The van der Waals surface area contributed by atoms with E-state index in [0.29, 0.717) is 10.9 Å². The molecule has 1 aromatic heterocycles. The van der Waals surface area contributed by atoms with E-state index in [1.807, 2.05) is 6.92 Å². The number of thioether (sulfide) groups is 1. The molecule has 0 amide bonds. The average molecular weight is 278 g/mol. The Labute approximate surface area is 114 Å². The molecule has 19 heavy (non-hydrogen) atoms. The largest absolute Gasteiger partial charge is 0.491 e. The number of rotatable bonds is 4. The van der Waals surface area contributed by atoms with Crippen molar-refractivity contribution in [2.75, 3.05) is 0 Å². The lowest BCUT2D eigenvalue weighted by Gasteiger charge is -2.05. The molecule has 0 fully saturated rings. The van der Waals surface area contributed by atoms with E-state index in [-0.39, 0.29) is 5.46 Å². The molecule has 98 valence electrons. The highest BCUT2D eigenvalue weighted by atomic mass is 32.2. The van der Waals surface area contributed by atoms with Crippen LogP contribution in [-0.2, 0) is 5.75 Å². The van der Waals surface area contributed by atoms with E-state index in [9.17, 15) is 4.39 Å². The fourth-order valence-electron chi connectivity index (χ4n) is 1.48. The summed E-state index contributed by atoms with van der Waals surface area (Å²) in [4.78, 5) is 8.29. The minimum Gasteiger partial charge on any atom is -0.423 e. The number of hydrogen-bond donors (Lipinski definition) is 2. The van der Waals surface area contributed by atoms with E-state index in [0.717, 1.165) is 11.1 Å². The van der Waals surface area contributed by atoms with E-state index in [2.05, 4.69) is 9.97 Å². The van der Waals surface area contributed by atoms with Crippen LogP contribution in [0.25, 0.3) is 0 Å². The molecule has 0 bridgehead atoms. The van der Waals surface area contributed by atoms with Crippen LogP contribution in [0, 0.1) is 12.7 Å². The minimum absolute atomic E-state index is 0.122. The molecule has 4 nitrogen and oxygen atoms in total. The normalized spacial score (nSPS) is 10.5. The van der Waals surface area contributed by atoms with Crippen LogP contribution in [0.15, 0.2) is 35.7 Å². The second-order valence-electron chi connectivity index (χ2n) is 4.06. The minimum atomic E-state index is -1.81. The molecule has 0 atom stereocenters. The van der Waals surface area contributed by atoms with Crippen LogP contribution in [0.5, 0.6) is 0 Å². The van der Waals surface area contributed by atoms with Gasteiger partial charge in [0.25, 0.3) is 0 Å². The highest BCUT2D eigenvalue weighted by Gasteiger charge is 2.16. The fourth-order valence-corrected chi connectivity index (χ4v) is 2.21. The Morgan fingerprint density at radius 2 is 1.95 bits per heavy atom. The van der Waals surface area contributed by atoms with Gasteiger partial charge in [0, 0.05) is 23.6 Å². The molecule has 0 unspecified atom stereocenters. The van der Waals surface area contributed by atoms with E-state index in [1.165, 1.54) is 23.9 Å². The number of aromatic nitrogens is 2. The van der Waals surface area contributed by atoms with Crippen LogP contribution in [-0.4, -0.2) is 27.1 Å². The van der Waals surface area contributed by atoms with Gasteiger partial charge in [-0.1, -0.05) is 23.9 Å². The predicted molar refractivity (Wildman–Crippen MR) is 72.6 cm³/mol. The van der Waals surface area contributed by atoms with Crippen molar-refractivity contribution in [1.29, 1.82) is 0 Å². The molecular formula is C12H12BFN2O2S. The second-order valence-corrected chi connectivity index (χ2v) is 5.00. The first kappa shape index (κ1) is 14.0. The predicted octanol–water partition coefficient (Wildman–Crippen LogP) is 0.896. The maximum atomic E-state index is 13.3. The van der Waals surface area contributed by atoms with Crippen molar-refractivity contribution in [2.24, 2.45) is 0 Å². The summed E-state index contributed by atoms with van der Waals surface area (Å²) in [6, 6.07) is 4.25. The molecule has 0 aliphatic heterocycles. The van der Waals surface area contributed by atoms with Crippen molar-refractivity contribution < 1.29 is 14.4 Å². The van der Waals surface area contributed by atoms with Gasteiger partial charge in [0.05, 0.1) is 0 Å². The Balaban J connectivity index is 2.07. The first-order valence-corrected chi connectivity index (χ1v) is 6.61. The van der Waals surface area contributed by atoms with Crippen LogP contribution in [0.1, 0.15) is 11.1 Å². The smallest absolute Gasteiger partial charge is 0.423 e. The summed E-state index contributed by atoms with van der Waals surface area (Å²) in [6.07, 6.45) is 3.45. The van der Waals surface area contributed by atoms with Gasteiger partial charge in [-0.15, -0.1) is 0 Å². The fraction of sp³-hybridized carbons (Fsp3) is 0.167. The lowest BCUT2D eigenvalue weighted by molar-refractivity contribution is 0.423. The SMILES string of the molecule is Cc1cnc(SCc2ccc(F)c(B(O)O)c2)nc1. The van der Waals surface area contributed by atoms with Crippen molar-refractivity contribution in [1.82, 2.24) is 9.97 Å². The van der Waals surface area contributed by atoms with Gasteiger partial charge in [0.2, 0.25) is 0 Å². The van der Waals surface area contributed by atoms with Crippen LogP contribution >= 0.6 is 11.8 Å². The van der Waals surface area contributed by atoms with Gasteiger partial charge in [-0.3, -0.25) is 0 Å². The molecular weight excluding hydrogens is 266 g/mol. The third-order valence-corrected chi connectivity index (χ3v) is 3.41. The Morgan fingerprint density at radius 1 is 1.26 bits per heavy atom. The van der Waals surface area contributed by atoms with E-state index < -0.39 is 12.9 Å². The molecule has 2 aromatic rings. The number of nitrogens with zero attached hydrogens (tertiary/aromatic N) is 2. The standard InChI is InChI=1S/C12H12BFN2O2S/c1-8-5-15-12(16-6-8)19-7-9-2-3-11(14)10(4-9)13(17)18/h2-6,17-18H,7H2,1H3.